The maximum atomic E-state index is 14.8. The van der Waals surface area contributed by atoms with E-state index in [1.165, 1.54) is 11.0 Å². The average Bonchev–Trinajstić information content (AvgIpc) is 3.64. The van der Waals surface area contributed by atoms with E-state index in [9.17, 15) is 32.4 Å². The predicted octanol–water partition coefficient (Wildman–Crippen LogP) is 3.74. The molecule has 0 spiro atoms. The number of ketones is 1. The van der Waals surface area contributed by atoms with Crippen LogP contribution in [0.15, 0.2) is 42.1 Å². The van der Waals surface area contributed by atoms with Crippen molar-refractivity contribution in [3.8, 4) is 0 Å². The van der Waals surface area contributed by atoms with E-state index in [-0.39, 0.29) is 36.0 Å². The number of sulfonamides is 1. The zero-order chi connectivity index (χ0) is 40.3. The molecule has 5 N–H and O–H groups in total. The van der Waals surface area contributed by atoms with E-state index in [1.54, 1.807) is 24.3 Å². The number of aromatic nitrogens is 2. The van der Waals surface area contributed by atoms with E-state index in [2.05, 4.69) is 37.2 Å². The number of aromatic amines is 1. The number of hydrogen-bond acceptors (Lipinski definition) is 8. The number of nitrogens with zero attached hydrogens (tertiary/aromatic N) is 2. The number of rotatable bonds is 16. The van der Waals surface area contributed by atoms with E-state index >= 15 is 0 Å². The second-order valence-electron chi connectivity index (χ2n) is 17.5. The molecule has 14 nitrogen and oxygen atoms in total. The van der Waals surface area contributed by atoms with Crippen molar-refractivity contribution >= 4 is 50.5 Å². The van der Waals surface area contributed by atoms with Crippen molar-refractivity contribution in [2.75, 3.05) is 13.1 Å². The van der Waals surface area contributed by atoms with Crippen molar-refractivity contribution in [2.24, 2.45) is 28.6 Å². The number of Topliss-reactive ketones (excluding diaryl/α,β-unsaturated/α-hetero) is 1. The summed E-state index contributed by atoms with van der Waals surface area (Å²) in [5.74, 6) is -2.92. The third-order valence-corrected chi connectivity index (χ3v) is 12.9. The Morgan fingerprint density at radius 2 is 1.73 bits per heavy atom. The molecule has 302 valence electrons. The number of H-pyrrole nitrogens is 1. The van der Waals surface area contributed by atoms with Crippen molar-refractivity contribution in [1.29, 1.82) is 0 Å². The van der Waals surface area contributed by atoms with Crippen LogP contribution in [0.3, 0.4) is 0 Å². The minimum Gasteiger partial charge on any atom is -0.346 e. The first kappa shape index (κ1) is 42.0. The number of imidazole rings is 1. The largest absolute Gasteiger partial charge is 0.346 e. The van der Waals surface area contributed by atoms with Gasteiger partial charge in [0.2, 0.25) is 28.7 Å². The van der Waals surface area contributed by atoms with Gasteiger partial charge in [0.1, 0.15) is 18.1 Å². The summed E-state index contributed by atoms with van der Waals surface area (Å²) >= 11 is 0. The van der Waals surface area contributed by atoms with Crippen LogP contribution in [-0.2, 0) is 34.0 Å². The van der Waals surface area contributed by atoms with Crippen LogP contribution in [0.2, 0.25) is 0 Å². The van der Waals surface area contributed by atoms with Crippen LogP contribution in [0.5, 0.6) is 0 Å². The van der Waals surface area contributed by atoms with E-state index in [0.717, 1.165) is 32.1 Å². The first-order chi connectivity index (χ1) is 25.8. The number of carbonyl (C=O) groups is 5. The molecule has 1 unspecified atom stereocenters. The highest BCUT2D eigenvalue weighted by Crippen LogP contribution is 2.40. The molecule has 3 fully saturated rings. The molecule has 0 radical (unpaired) electrons. The number of fused-ring (bicyclic) bond motifs is 1. The molecule has 1 aromatic carbocycles. The van der Waals surface area contributed by atoms with Gasteiger partial charge in [-0.25, -0.2) is 13.4 Å². The molecule has 2 aromatic rings. The zero-order valence-corrected chi connectivity index (χ0v) is 33.9. The average molecular weight is 782 g/mol. The first-order valence-electron chi connectivity index (χ1n) is 19.7. The van der Waals surface area contributed by atoms with Crippen LogP contribution in [0, 0.1) is 28.6 Å². The van der Waals surface area contributed by atoms with Crippen LogP contribution in [0.1, 0.15) is 99.3 Å². The second-order valence-corrected chi connectivity index (χ2v) is 19.1. The third-order valence-electron chi connectivity index (χ3n) is 11.6. The third kappa shape index (κ3) is 10.0. The van der Waals surface area contributed by atoms with Crippen molar-refractivity contribution in [2.45, 2.75) is 129 Å². The van der Waals surface area contributed by atoms with E-state index in [1.807, 2.05) is 41.5 Å². The Labute approximate surface area is 324 Å². The highest BCUT2D eigenvalue weighted by molar-refractivity contribution is 7.89. The highest BCUT2D eigenvalue weighted by atomic mass is 32.2. The van der Waals surface area contributed by atoms with Crippen LogP contribution >= 0.6 is 0 Å². The summed E-state index contributed by atoms with van der Waals surface area (Å²) in [5.41, 5.74) is -0.608. The van der Waals surface area contributed by atoms with Gasteiger partial charge >= 0.3 is 0 Å². The zero-order valence-electron chi connectivity index (χ0n) is 33.1. The topological polar surface area (TPSA) is 200 Å². The summed E-state index contributed by atoms with van der Waals surface area (Å²) in [6, 6.07) is 2.56. The summed E-state index contributed by atoms with van der Waals surface area (Å²) < 4.78 is 30.5. The van der Waals surface area contributed by atoms with Gasteiger partial charge in [-0.1, -0.05) is 91.9 Å². The molecule has 5 rings (SSSR count). The lowest BCUT2D eigenvalue weighted by Crippen LogP contribution is -2.63. The second kappa shape index (κ2) is 16.9. The number of amides is 4. The highest BCUT2D eigenvalue weighted by Gasteiger charge is 2.49. The predicted molar refractivity (Wildman–Crippen MR) is 209 cm³/mol. The fraction of sp³-hybridized carbons (Fsp3) is 0.650. The van der Waals surface area contributed by atoms with Gasteiger partial charge in [0.15, 0.2) is 0 Å². The molecule has 2 saturated carbocycles. The Balaban J connectivity index is 1.41. The van der Waals surface area contributed by atoms with Crippen molar-refractivity contribution < 1.29 is 32.4 Å². The monoisotopic (exact) mass is 781 g/mol. The number of hydrogen-bond donors (Lipinski definition) is 5. The number of para-hydroxylation sites is 2. The Morgan fingerprint density at radius 1 is 1.05 bits per heavy atom. The molecule has 0 bridgehead atoms. The van der Waals surface area contributed by atoms with Crippen LogP contribution < -0.4 is 20.7 Å². The summed E-state index contributed by atoms with van der Waals surface area (Å²) in [5, 5.41) is 7.97. The van der Waals surface area contributed by atoms with Crippen molar-refractivity contribution in [1.82, 2.24) is 35.5 Å². The number of likely N-dealkylation sites (tertiary alicyclic amines) is 1. The summed E-state index contributed by atoms with van der Waals surface area (Å²) in [6.07, 6.45) is 7.72. The number of carbonyl (C=O) groups excluding carboxylic acids is 5. The Kier molecular flexibility index (Phi) is 13.0. The smallest absolute Gasteiger partial charge is 0.289 e. The molecule has 5 atom stereocenters. The molecule has 4 amide bonds. The van der Waals surface area contributed by atoms with E-state index in [0.29, 0.717) is 36.7 Å². The summed E-state index contributed by atoms with van der Waals surface area (Å²) in [4.78, 5) is 77.9. The Bertz CT molecular complexity index is 1840. The SMILES string of the molecule is C=CCNC(=O)C(=O)C(CC1CC1)NC(=O)[C@@H]1C[C@@H](C(C)C)CN1C(=O)[C@@H](NC(=O)[C@@H](NS(=O)(=O)c1nc2ccccc2[nH]1)C1(C)CCCCC1)C(C)(C)C. The van der Waals surface area contributed by atoms with Gasteiger partial charge in [0, 0.05) is 13.1 Å². The lowest BCUT2D eigenvalue weighted by molar-refractivity contribution is -0.145. The fourth-order valence-corrected chi connectivity index (χ4v) is 9.18. The molecule has 1 aliphatic heterocycles. The van der Waals surface area contributed by atoms with Crippen LogP contribution in [0.25, 0.3) is 11.0 Å². The Hall–Kier alpha value is -4.11. The van der Waals surface area contributed by atoms with Crippen LogP contribution in [0.4, 0.5) is 0 Å². The van der Waals surface area contributed by atoms with Crippen molar-refractivity contribution in [3.63, 3.8) is 0 Å². The van der Waals surface area contributed by atoms with Gasteiger partial charge in [-0.05, 0) is 66.4 Å². The van der Waals surface area contributed by atoms with Gasteiger partial charge < -0.3 is 25.8 Å². The maximum absolute atomic E-state index is 14.8. The summed E-state index contributed by atoms with van der Waals surface area (Å²) in [7, 11) is -4.32. The number of nitrogens with one attached hydrogen (secondary N) is 5. The number of benzene rings is 1. The standard InChI is InChI=1S/C40H59N7O7S/c1-8-20-41-35(50)31(48)29(21-25-16-17-25)42-34(49)30-22-26(24(2)3)23-47(30)37(52)33(39(4,5)6)45-36(51)32(40(7)18-12-9-13-19-40)46-55(53,54)38-43-27-14-10-11-15-28(27)44-38/h8,10-11,14-15,24-26,29-30,32-33,46H,1,9,12-13,16-23H2,2-7H3,(H,41,50)(H,42,49)(H,43,44)(H,45,51)/t26-,29?,30+,32-,33-/m1/s1. The molecule has 3 aliphatic rings. The van der Waals surface area contributed by atoms with Gasteiger partial charge in [-0.15, -0.1) is 6.58 Å². The Morgan fingerprint density at radius 3 is 2.33 bits per heavy atom. The molecular weight excluding hydrogens is 723 g/mol. The van der Waals surface area contributed by atoms with Gasteiger partial charge in [0.05, 0.1) is 17.1 Å². The molecule has 2 heterocycles. The minimum absolute atomic E-state index is 0.0472. The van der Waals surface area contributed by atoms with E-state index < -0.39 is 74.4 Å². The normalized spacial score (nSPS) is 21.8. The lowest BCUT2D eigenvalue weighted by atomic mass is 9.70. The van der Waals surface area contributed by atoms with Gasteiger partial charge in [-0.2, -0.15) is 4.72 Å². The molecular formula is C40H59N7O7S. The molecule has 55 heavy (non-hydrogen) atoms. The summed E-state index contributed by atoms with van der Waals surface area (Å²) in [6.45, 7) is 15.3. The van der Waals surface area contributed by atoms with Gasteiger partial charge in [-0.3, -0.25) is 24.0 Å². The lowest BCUT2D eigenvalue weighted by Gasteiger charge is -2.42. The molecule has 2 aliphatic carbocycles. The van der Waals surface area contributed by atoms with Crippen LogP contribution in [-0.4, -0.2) is 90.0 Å². The van der Waals surface area contributed by atoms with Crippen molar-refractivity contribution in [3.05, 3.63) is 36.9 Å². The molecule has 1 aromatic heterocycles. The maximum Gasteiger partial charge on any atom is 0.289 e. The molecule has 15 heteroatoms. The fourth-order valence-electron chi connectivity index (χ4n) is 7.91. The van der Waals surface area contributed by atoms with Gasteiger partial charge in [0.25, 0.3) is 15.9 Å². The first-order valence-corrected chi connectivity index (χ1v) is 21.1. The quantitative estimate of drug-likeness (QED) is 0.125. The molecule has 1 saturated heterocycles. The van der Waals surface area contributed by atoms with E-state index in [4.69, 9.17) is 0 Å². The minimum atomic E-state index is -4.32.